The van der Waals surface area contributed by atoms with Crippen LogP contribution in [0.5, 0.6) is 23.0 Å². The second-order valence-corrected chi connectivity index (χ2v) is 10.5. The van der Waals surface area contributed by atoms with Crippen LogP contribution in [-0.4, -0.2) is 48.1 Å². The van der Waals surface area contributed by atoms with Gasteiger partial charge in [0.05, 0.1) is 48.1 Å². The predicted molar refractivity (Wildman–Crippen MR) is 136 cm³/mol. The quantitative estimate of drug-likeness (QED) is 0.637. The number of nitrogens with two attached hydrogens (primary N) is 1. The molecule has 1 unspecified atom stereocenters. The molecule has 0 radical (unpaired) electrons. The minimum absolute atomic E-state index is 0.479. The molecular weight excluding hydrogens is 440 g/mol. The van der Waals surface area contributed by atoms with Crippen LogP contribution >= 0.6 is 0 Å². The number of nitrogens with one attached hydrogen (secondary N) is 1. The first-order valence-corrected chi connectivity index (χ1v) is 13.3. The number of piperidine rings is 1. The highest BCUT2D eigenvalue weighted by molar-refractivity contribution is 5.50. The Morgan fingerprint density at radius 1 is 0.800 bits per heavy atom. The Labute approximate surface area is 209 Å². The van der Waals surface area contributed by atoms with Crippen LogP contribution in [0.1, 0.15) is 60.5 Å². The summed E-state index contributed by atoms with van der Waals surface area (Å²) in [5.74, 6) is 4.87. The summed E-state index contributed by atoms with van der Waals surface area (Å²) >= 11 is 0. The molecule has 3 aliphatic rings. The van der Waals surface area contributed by atoms with E-state index in [2.05, 4.69) is 36.5 Å². The third-order valence-electron chi connectivity index (χ3n) is 8.95. The van der Waals surface area contributed by atoms with Crippen molar-refractivity contribution in [2.75, 3.05) is 48.1 Å². The van der Waals surface area contributed by atoms with Gasteiger partial charge in [-0.2, -0.15) is 0 Å². The van der Waals surface area contributed by atoms with Crippen LogP contribution in [-0.2, 0) is 12.8 Å². The monoisotopic (exact) mass is 482 g/mol. The lowest BCUT2D eigenvalue weighted by Gasteiger charge is -2.45. The lowest BCUT2D eigenvalue weighted by Crippen LogP contribution is -3.15. The first kappa shape index (κ1) is 24.3. The molecule has 5 atom stereocenters. The molecule has 3 heterocycles. The van der Waals surface area contributed by atoms with Gasteiger partial charge in [0, 0.05) is 42.7 Å². The van der Waals surface area contributed by atoms with Gasteiger partial charge in [0.1, 0.15) is 12.1 Å². The van der Waals surface area contributed by atoms with Crippen molar-refractivity contribution in [1.29, 1.82) is 0 Å². The molecule has 0 bridgehead atoms. The zero-order valence-corrected chi connectivity index (χ0v) is 22.0. The van der Waals surface area contributed by atoms with E-state index in [0.29, 0.717) is 18.0 Å². The summed E-state index contributed by atoms with van der Waals surface area (Å²) in [6.07, 6.45) is 5.92. The second kappa shape index (κ2) is 10.3. The van der Waals surface area contributed by atoms with Crippen LogP contribution in [0.4, 0.5) is 0 Å². The predicted octanol–water partition coefficient (Wildman–Crippen LogP) is 2.50. The zero-order chi connectivity index (χ0) is 24.5. The van der Waals surface area contributed by atoms with Gasteiger partial charge in [-0.05, 0) is 47.7 Å². The van der Waals surface area contributed by atoms with E-state index in [1.165, 1.54) is 54.6 Å². The molecule has 35 heavy (non-hydrogen) atoms. The molecule has 0 saturated carbocycles. The third kappa shape index (κ3) is 4.47. The average Bonchev–Trinajstić information content (AvgIpc) is 2.91. The van der Waals surface area contributed by atoms with Crippen LogP contribution in [0.25, 0.3) is 0 Å². The molecule has 1 fully saturated rings. The summed E-state index contributed by atoms with van der Waals surface area (Å²) in [5.41, 5.74) is 5.78. The summed E-state index contributed by atoms with van der Waals surface area (Å²) in [4.78, 5) is 1.76. The summed E-state index contributed by atoms with van der Waals surface area (Å²) in [5, 5.41) is 2.56. The minimum Gasteiger partial charge on any atom is -0.493 e. The van der Waals surface area contributed by atoms with Gasteiger partial charge < -0.3 is 29.2 Å². The molecule has 3 aliphatic heterocycles. The zero-order valence-electron chi connectivity index (χ0n) is 22.0. The number of fused-ring (bicyclic) bond motifs is 4. The van der Waals surface area contributed by atoms with Gasteiger partial charge in [-0.15, -0.1) is 0 Å². The number of methoxy groups -OCH3 is 4. The topological polar surface area (TPSA) is 58.0 Å². The first-order chi connectivity index (χ1) is 17.1. The maximum Gasteiger partial charge on any atom is 0.161 e. The fraction of sp³-hybridized carbons (Fsp3) is 0.586. The largest absolute Gasteiger partial charge is 0.493 e. The van der Waals surface area contributed by atoms with E-state index in [9.17, 15) is 0 Å². The Kier molecular flexibility index (Phi) is 7.12. The van der Waals surface area contributed by atoms with Gasteiger partial charge in [-0.3, -0.25) is 0 Å². The number of rotatable bonds is 7. The highest BCUT2D eigenvalue weighted by Crippen LogP contribution is 2.42. The van der Waals surface area contributed by atoms with Crippen LogP contribution < -0.4 is 29.2 Å². The minimum atomic E-state index is 0.479. The molecular formula is C29H42N2O4+2. The van der Waals surface area contributed by atoms with Crippen molar-refractivity contribution in [3.63, 3.8) is 0 Å². The molecule has 6 nitrogen and oxygen atoms in total. The lowest BCUT2D eigenvalue weighted by molar-refractivity contribution is -0.944. The van der Waals surface area contributed by atoms with Crippen molar-refractivity contribution in [3.8, 4) is 23.0 Å². The standard InChI is InChI=1S/C29H40N2O4/c1-6-18-17-31-10-8-20-14-27(33-3)29(35-5)16-23(20)25(31)12-21(18)11-24-22-15-28(34-4)26(32-2)13-19(22)7-9-30-24/h13-16,18,21,24-25,30H,6-12,17H2,1-5H3/p+2/t18-,21-,24+,25-/m0/s1. The number of hydrogen-bond acceptors (Lipinski definition) is 4. The van der Waals surface area contributed by atoms with Gasteiger partial charge in [-0.1, -0.05) is 6.92 Å². The summed E-state index contributed by atoms with van der Waals surface area (Å²) in [6.45, 7) is 6.00. The average molecular weight is 483 g/mol. The maximum absolute atomic E-state index is 5.69. The first-order valence-electron chi connectivity index (χ1n) is 13.3. The van der Waals surface area contributed by atoms with Gasteiger partial charge in [0.15, 0.2) is 23.0 Å². The van der Waals surface area contributed by atoms with Crippen LogP contribution in [0.2, 0.25) is 0 Å². The molecule has 2 aromatic carbocycles. The highest BCUT2D eigenvalue weighted by atomic mass is 16.5. The molecule has 6 heteroatoms. The Morgan fingerprint density at radius 3 is 2.03 bits per heavy atom. The molecule has 5 rings (SSSR count). The third-order valence-corrected chi connectivity index (χ3v) is 8.95. The van der Waals surface area contributed by atoms with E-state index in [4.69, 9.17) is 18.9 Å². The van der Waals surface area contributed by atoms with E-state index in [0.717, 1.165) is 48.3 Å². The molecule has 0 aliphatic carbocycles. The van der Waals surface area contributed by atoms with Crippen molar-refractivity contribution in [3.05, 3.63) is 46.5 Å². The fourth-order valence-corrected chi connectivity index (χ4v) is 7.08. The van der Waals surface area contributed by atoms with E-state index < -0.39 is 0 Å². The number of quaternary nitrogens is 2. The van der Waals surface area contributed by atoms with Crippen LogP contribution in [0.15, 0.2) is 24.3 Å². The number of hydrogen-bond donors (Lipinski definition) is 2. The molecule has 0 spiro atoms. The van der Waals surface area contributed by atoms with Crippen molar-refractivity contribution in [2.45, 2.75) is 51.1 Å². The Bertz CT molecular complexity index is 1050. The van der Waals surface area contributed by atoms with Crippen molar-refractivity contribution in [1.82, 2.24) is 0 Å². The lowest BCUT2D eigenvalue weighted by atomic mass is 9.72. The summed E-state index contributed by atoms with van der Waals surface area (Å²) in [6, 6.07) is 9.95. The molecule has 190 valence electrons. The van der Waals surface area contributed by atoms with Crippen molar-refractivity contribution >= 4 is 0 Å². The van der Waals surface area contributed by atoms with Crippen molar-refractivity contribution < 1.29 is 29.2 Å². The highest BCUT2D eigenvalue weighted by Gasteiger charge is 2.43. The summed E-state index contributed by atoms with van der Waals surface area (Å²) in [7, 11) is 6.94. The SMILES string of the molecule is CC[C@H]1C[NH+]2CCc3cc(OC)c(OC)cc3[C@@H]2C[C@@H]1C[C@H]1[NH2+]CCc2cc(OC)c(OC)cc21. The normalized spacial score (nSPS) is 27.3. The van der Waals surface area contributed by atoms with Gasteiger partial charge in [-0.25, -0.2) is 0 Å². The molecule has 0 amide bonds. The van der Waals surface area contributed by atoms with E-state index in [1.54, 1.807) is 33.3 Å². The molecule has 3 N–H and O–H groups in total. The van der Waals surface area contributed by atoms with Gasteiger partial charge >= 0.3 is 0 Å². The van der Waals surface area contributed by atoms with Crippen LogP contribution in [0.3, 0.4) is 0 Å². The Hall–Kier alpha value is -2.44. The maximum atomic E-state index is 5.69. The van der Waals surface area contributed by atoms with E-state index >= 15 is 0 Å². The van der Waals surface area contributed by atoms with Crippen LogP contribution in [0, 0.1) is 11.8 Å². The van der Waals surface area contributed by atoms with Gasteiger partial charge in [0.25, 0.3) is 0 Å². The number of benzene rings is 2. The van der Waals surface area contributed by atoms with Crippen molar-refractivity contribution in [2.24, 2.45) is 11.8 Å². The molecule has 0 aromatic heterocycles. The Balaban J connectivity index is 1.43. The van der Waals surface area contributed by atoms with E-state index in [1.807, 2.05) is 0 Å². The fourth-order valence-electron chi connectivity index (χ4n) is 7.08. The van der Waals surface area contributed by atoms with Gasteiger partial charge in [0.2, 0.25) is 0 Å². The molecule has 1 saturated heterocycles. The molecule has 2 aromatic rings. The van der Waals surface area contributed by atoms with E-state index in [-0.39, 0.29) is 0 Å². The number of ether oxygens (including phenoxy) is 4. The Morgan fingerprint density at radius 2 is 1.40 bits per heavy atom. The summed E-state index contributed by atoms with van der Waals surface area (Å²) < 4.78 is 22.6. The smallest absolute Gasteiger partial charge is 0.161 e. The second-order valence-electron chi connectivity index (χ2n) is 10.5.